The molecule has 0 spiro atoms. The minimum atomic E-state index is 0.475. The van der Waals surface area contributed by atoms with Crippen molar-refractivity contribution in [3.8, 4) is 5.75 Å². The number of rotatable bonds is 5. The fourth-order valence-corrected chi connectivity index (χ4v) is 3.08. The highest BCUT2D eigenvalue weighted by Gasteiger charge is 2.07. The molecule has 20 heavy (non-hydrogen) atoms. The van der Waals surface area contributed by atoms with E-state index in [0.29, 0.717) is 12.6 Å². The predicted octanol–water partition coefficient (Wildman–Crippen LogP) is 4.46. The zero-order valence-corrected chi connectivity index (χ0v) is 13.4. The van der Waals surface area contributed by atoms with Gasteiger partial charge in [-0.25, -0.2) is 4.99 Å². The molecule has 0 saturated carbocycles. The average molecular weight is 290 g/mol. The average Bonchev–Trinajstić information content (AvgIpc) is 2.81. The highest BCUT2D eigenvalue weighted by Crippen LogP contribution is 2.19. The molecule has 0 radical (unpaired) electrons. The Morgan fingerprint density at radius 2 is 1.95 bits per heavy atom. The van der Waals surface area contributed by atoms with Crippen LogP contribution in [0.2, 0.25) is 0 Å². The standard InChI is InChI=1S/C16H22N2OS/c1-5-12(3)18-13(4)11-20-16(18)17-14-7-9-15(10-8-14)19-6-2/h7-12H,5-6H2,1-4H3. The lowest BCUT2D eigenvalue weighted by molar-refractivity contribution is 0.340. The molecule has 1 unspecified atom stereocenters. The quantitative estimate of drug-likeness (QED) is 0.798. The summed E-state index contributed by atoms with van der Waals surface area (Å²) in [6, 6.07) is 8.41. The first-order valence-corrected chi connectivity index (χ1v) is 7.97. The first-order valence-electron chi connectivity index (χ1n) is 7.10. The summed E-state index contributed by atoms with van der Waals surface area (Å²) in [4.78, 5) is 5.81. The molecule has 0 amide bonds. The molecule has 0 bridgehead atoms. The van der Waals surface area contributed by atoms with Crippen LogP contribution in [-0.2, 0) is 0 Å². The van der Waals surface area contributed by atoms with Crippen LogP contribution in [0.25, 0.3) is 0 Å². The number of benzene rings is 1. The van der Waals surface area contributed by atoms with Gasteiger partial charge in [-0.2, -0.15) is 0 Å². The molecule has 1 heterocycles. The van der Waals surface area contributed by atoms with Gasteiger partial charge in [0.2, 0.25) is 0 Å². The van der Waals surface area contributed by atoms with Crippen molar-refractivity contribution < 1.29 is 4.74 Å². The van der Waals surface area contributed by atoms with Crippen LogP contribution in [-0.4, -0.2) is 11.2 Å². The summed E-state index contributed by atoms with van der Waals surface area (Å²) in [7, 11) is 0. The Bertz CT molecular complexity index is 610. The van der Waals surface area contributed by atoms with Gasteiger partial charge in [-0.15, -0.1) is 11.3 Å². The Balaban J connectivity index is 2.35. The number of hydrogen-bond donors (Lipinski definition) is 0. The van der Waals surface area contributed by atoms with Crippen molar-refractivity contribution in [1.82, 2.24) is 4.57 Å². The molecule has 0 aliphatic rings. The lowest BCUT2D eigenvalue weighted by Gasteiger charge is -2.13. The van der Waals surface area contributed by atoms with Gasteiger partial charge in [0, 0.05) is 17.1 Å². The highest BCUT2D eigenvalue weighted by atomic mass is 32.1. The first kappa shape index (κ1) is 14.9. The fourth-order valence-electron chi connectivity index (χ4n) is 2.10. The molecule has 0 N–H and O–H groups in total. The highest BCUT2D eigenvalue weighted by molar-refractivity contribution is 7.07. The third kappa shape index (κ3) is 3.31. The van der Waals surface area contributed by atoms with Crippen LogP contribution in [0.3, 0.4) is 0 Å². The maximum absolute atomic E-state index is 5.45. The molecule has 4 heteroatoms. The Hall–Kier alpha value is -1.55. The summed E-state index contributed by atoms with van der Waals surface area (Å²) in [6.07, 6.45) is 1.11. The zero-order chi connectivity index (χ0) is 14.5. The third-order valence-electron chi connectivity index (χ3n) is 3.33. The van der Waals surface area contributed by atoms with Gasteiger partial charge in [0.1, 0.15) is 5.75 Å². The maximum atomic E-state index is 5.45. The number of nitrogens with zero attached hydrogens (tertiary/aromatic N) is 2. The van der Waals surface area contributed by atoms with Crippen LogP contribution in [0, 0.1) is 6.92 Å². The van der Waals surface area contributed by atoms with Crippen LogP contribution >= 0.6 is 11.3 Å². The smallest absolute Gasteiger partial charge is 0.190 e. The second-order valence-electron chi connectivity index (χ2n) is 4.83. The molecule has 108 valence electrons. The van der Waals surface area contributed by atoms with Gasteiger partial charge in [-0.3, -0.25) is 0 Å². The van der Waals surface area contributed by atoms with Gasteiger partial charge in [0.25, 0.3) is 0 Å². The van der Waals surface area contributed by atoms with E-state index in [1.165, 1.54) is 5.69 Å². The minimum Gasteiger partial charge on any atom is -0.494 e. The van der Waals surface area contributed by atoms with Gasteiger partial charge < -0.3 is 9.30 Å². The summed E-state index contributed by atoms with van der Waals surface area (Å²) in [6.45, 7) is 9.25. The minimum absolute atomic E-state index is 0.475. The van der Waals surface area contributed by atoms with Gasteiger partial charge in [0.05, 0.1) is 12.3 Å². The zero-order valence-electron chi connectivity index (χ0n) is 12.6. The first-order chi connectivity index (χ1) is 9.65. The predicted molar refractivity (Wildman–Crippen MR) is 84.9 cm³/mol. The largest absolute Gasteiger partial charge is 0.494 e. The monoisotopic (exact) mass is 290 g/mol. The normalized spacial score (nSPS) is 13.5. The van der Waals surface area contributed by atoms with E-state index >= 15 is 0 Å². The van der Waals surface area contributed by atoms with E-state index < -0.39 is 0 Å². The van der Waals surface area contributed by atoms with Crippen LogP contribution in [0.15, 0.2) is 34.6 Å². The maximum Gasteiger partial charge on any atom is 0.190 e. The van der Waals surface area contributed by atoms with Crippen molar-refractivity contribution in [2.45, 2.75) is 40.2 Å². The summed E-state index contributed by atoms with van der Waals surface area (Å²) in [5.41, 5.74) is 2.24. The summed E-state index contributed by atoms with van der Waals surface area (Å²) >= 11 is 1.69. The van der Waals surface area contributed by atoms with Gasteiger partial charge in [-0.05, 0) is 51.5 Å². The van der Waals surface area contributed by atoms with Crippen molar-refractivity contribution >= 4 is 17.0 Å². The van der Waals surface area contributed by atoms with Gasteiger partial charge in [0.15, 0.2) is 4.80 Å². The van der Waals surface area contributed by atoms with Crippen LogP contribution in [0.5, 0.6) is 5.75 Å². The van der Waals surface area contributed by atoms with Crippen LogP contribution < -0.4 is 9.54 Å². The molecule has 1 atom stereocenters. The van der Waals surface area contributed by atoms with Crippen molar-refractivity contribution in [3.05, 3.63) is 40.1 Å². The Kier molecular flexibility index (Phi) is 5.01. The molecular weight excluding hydrogens is 268 g/mol. The molecule has 0 saturated heterocycles. The molecule has 1 aromatic carbocycles. The number of hydrogen-bond acceptors (Lipinski definition) is 3. The third-order valence-corrected chi connectivity index (χ3v) is 4.28. The molecular formula is C16H22N2OS. The molecule has 2 aromatic rings. The summed E-state index contributed by atoms with van der Waals surface area (Å²) in [5.74, 6) is 0.892. The molecule has 3 nitrogen and oxygen atoms in total. The van der Waals surface area contributed by atoms with Crippen LogP contribution in [0.4, 0.5) is 5.69 Å². The van der Waals surface area contributed by atoms with Crippen molar-refractivity contribution in [1.29, 1.82) is 0 Å². The molecule has 0 aliphatic carbocycles. The van der Waals surface area contributed by atoms with Gasteiger partial charge in [-0.1, -0.05) is 6.92 Å². The van der Waals surface area contributed by atoms with E-state index in [1.807, 2.05) is 31.2 Å². The molecule has 0 fully saturated rings. The van der Waals surface area contributed by atoms with E-state index in [2.05, 4.69) is 30.7 Å². The Morgan fingerprint density at radius 1 is 1.25 bits per heavy atom. The van der Waals surface area contributed by atoms with Crippen molar-refractivity contribution in [2.75, 3.05) is 6.61 Å². The Morgan fingerprint density at radius 3 is 2.55 bits per heavy atom. The molecule has 2 rings (SSSR count). The summed E-state index contributed by atoms with van der Waals surface area (Å²) in [5, 5.41) is 2.17. The number of thiazole rings is 1. The molecule has 0 aliphatic heterocycles. The van der Waals surface area contributed by atoms with E-state index in [1.54, 1.807) is 11.3 Å². The fraction of sp³-hybridized carbons (Fsp3) is 0.438. The second kappa shape index (κ2) is 6.75. The Labute approximate surface area is 124 Å². The number of aryl methyl sites for hydroxylation is 1. The number of aromatic nitrogens is 1. The van der Waals surface area contributed by atoms with E-state index in [4.69, 9.17) is 9.73 Å². The van der Waals surface area contributed by atoms with E-state index in [9.17, 15) is 0 Å². The van der Waals surface area contributed by atoms with Crippen LogP contribution in [0.1, 0.15) is 38.9 Å². The lowest BCUT2D eigenvalue weighted by Crippen LogP contribution is -2.19. The molecule has 1 aromatic heterocycles. The lowest BCUT2D eigenvalue weighted by atomic mass is 10.2. The van der Waals surface area contributed by atoms with Crippen molar-refractivity contribution in [2.24, 2.45) is 4.99 Å². The van der Waals surface area contributed by atoms with E-state index in [-0.39, 0.29) is 0 Å². The number of ether oxygens (including phenoxy) is 1. The summed E-state index contributed by atoms with van der Waals surface area (Å²) < 4.78 is 7.76. The van der Waals surface area contributed by atoms with E-state index in [0.717, 1.165) is 22.7 Å². The van der Waals surface area contributed by atoms with Crippen molar-refractivity contribution in [3.63, 3.8) is 0 Å². The van der Waals surface area contributed by atoms with Gasteiger partial charge >= 0.3 is 0 Å². The second-order valence-corrected chi connectivity index (χ2v) is 5.66. The topological polar surface area (TPSA) is 26.5 Å². The SMILES string of the molecule is CCOc1ccc(N=c2scc(C)n2C(C)CC)cc1.